The monoisotopic (exact) mass is 162 g/mol. The van der Waals surface area contributed by atoms with Gasteiger partial charge in [0.2, 0.25) is 0 Å². The molecule has 0 aromatic rings. The molecule has 1 atom stereocenters. The molecule has 1 aliphatic rings. The van der Waals surface area contributed by atoms with E-state index in [4.69, 9.17) is 11.6 Å². The first-order chi connectivity index (χ1) is 4.84. The van der Waals surface area contributed by atoms with Gasteiger partial charge in [-0.15, -0.1) is 11.6 Å². The third-order valence-corrected chi connectivity index (χ3v) is 2.67. The second-order valence-corrected chi connectivity index (χ2v) is 3.43. The molecule has 60 valence electrons. The molecule has 0 aromatic heterocycles. The fraction of sp³-hybridized carbons (Fsp3) is 1.00. The summed E-state index contributed by atoms with van der Waals surface area (Å²) in [7, 11) is 0. The first-order valence-electron chi connectivity index (χ1n) is 4.08. The van der Waals surface area contributed by atoms with Gasteiger partial charge in [0.25, 0.3) is 0 Å². The Morgan fingerprint density at radius 1 is 1.30 bits per heavy atom. The molecule has 1 rings (SSSR count). The van der Waals surface area contributed by atoms with E-state index in [1.165, 1.54) is 32.1 Å². The van der Waals surface area contributed by atoms with Gasteiger partial charge in [-0.1, -0.05) is 19.3 Å². The van der Waals surface area contributed by atoms with Gasteiger partial charge < -0.3 is 5.11 Å². The summed E-state index contributed by atoms with van der Waals surface area (Å²) in [4.78, 5) is 0. The molecule has 0 spiro atoms. The van der Waals surface area contributed by atoms with Gasteiger partial charge in [0.15, 0.2) is 0 Å². The maximum atomic E-state index is 9.35. The molecule has 0 aliphatic heterocycles. The standard InChI is InChI=1S/C8H15ClO/c9-6-8(10)7-4-2-1-3-5-7/h7-8,10H,1-6H2/t8-/m1/s1. The Morgan fingerprint density at radius 2 is 1.90 bits per heavy atom. The third kappa shape index (κ3) is 2.14. The number of alkyl halides is 1. The molecule has 0 heterocycles. The molecule has 10 heavy (non-hydrogen) atoms. The molecule has 0 saturated heterocycles. The summed E-state index contributed by atoms with van der Waals surface area (Å²) in [5.41, 5.74) is 0. The Labute approximate surface area is 67.4 Å². The van der Waals surface area contributed by atoms with Gasteiger partial charge in [0, 0.05) is 5.88 Å². The molecular weight excluding hydrogens is 148 g/mol. The molecule has 0 amide bonds. The predicted octanol–water partition coefficient (Wildman–Crippen LogP) is 2.17. The number of halogens is 1. The summed E-state index contributed by atoms with van der Waals surface area (Å²) in [6.45, 7) is 0. The second-order valence-electron chi connectivity index (χ2n) is 3.12. The van der Waals surface area contributed by atoms with E-state index in [1.807, 2.05) is 0 Å². The van der Waals surface area contributed by atoms with Gasteiger partial charge >= 0.3 is 0 Å². The summed E-state index contributed by atoms with van der Waals surface area (Å²) in [6, 6.07) is 0. The molecule has 1 N–H and O–H groups in total. The van der Waals surface area contributed by atoms with Crippen LogP contribution in [-0.2, 0) is 0 Å². The lowest BCUT2D eigenvalue weighted by Gasteiger charge is -2.24. The molecule has 1 saturated carbocycles. The lowest BCUT2D eigenvalue weighted by atomic mass is 9.86. The zero-order valence-electron chi connectivity index (χ0n) is 6.22. The Hall–Kier alpha value is 0.250. The SMILES string of the molecule is O[C@H](CCl)C1CCCCC1. The average molecular weight is 163 g/mol. The van der Waals surface area contributed by atoms with Crippen LogP contribution in [0.15, 0.2) is 0 Å². The van der Waals surface area contributed by atoms with Crippen LogP contribution in [0, 0.1) is 5.92 Å². The first kappa shape index (κ1) is 8.35. The number of hydrogen-bond acceptors (Lipinski definition) is 1. The molecule has 0 unspecified atom stereocenters. The highest BCUT2D eigenvalue weighted by Gasteiger charge is 2.20. The normalized spacial score (nSPS) is 24.6. The molecular formula is C8H15ClO. The Bertz CT molecular complexity index is 89.3. The van der Waals surface area contributed by atoms with Crippen molar-refractivity contribution in [2.24, 2.45) is 5.92 Å². The van der Waals surface area contributed by atoms with Gasteiger partial charge in [0.1, 0.15) is 0 Å². The van der Waals surface area contributed by atoms with Gasteiger partial charge in [-0.25, -0.2) is 0 Å². The highest BCUT2D eigenvalue weighted by molar-refractivity contribution is 6.18. The van der Waals surface area contributed by atoms with Crippen molar-refractivity contribution in [1.82, 2.24) is 0 Å². The maximum Gasteiger partial charge on any atom is 0.0703 e. The van der Waals surface area contributed by atoms with Crippen LogP contribution in [0.2, 0.25) is 0 Å². The minimum Gasteiger partial charge on any atom is -0.392 e. The summed E-state index contributed by atoms with van der Waals surface area (Å²) >= 11 is 5.54. The fourth-order valence-corrected chi connectivity index (χ4v) is 1.90. The van der Waals surface area contributed by atoms with E-state index in [0.29, 0.717) is 11.8 Å². The van der Waals surface area contributed by atoms with Crippen LogP contribution in [0.3, 0.4) is 0 Å². The van der Waals surface area contributed by atoms with E-state index in [-0.39, 0.29) is 6.10 Å². The van der Waals surface area contributed by atoms with Crippen LogP contribution in [0.25, 0.3) is 0 Å². The third-order valence-electron chi connectivity index (χ3n) is 2.35. The van der Waals surface area contributed by atoms with Crippen LogP contribution in [0.4, 0.5) is 0 Å². The van der Waals surface area contributed by atoms with Crippen LogP contribution in [0.1, 0.15) is 32.1 Å². The minimum atomic E-state index is -0.248. The highest BCUT2D eigenvalue weighted by Crippen LogP contribution is 2.26. The zero-order valence-corrected chi connectivity index (χ0v) is 6.98. The van der Waals surface area contributed by atoms with Gasteiger partial charge in [-0.3, -0.25) is 0 Å². The van der Waals surface area contributed by atoms with E-state index in [0.717, 1.165) is 0 Å². The smallest absolute Gasteiger partial charge is 0.0703 e. The van der Waals surface area contributed by atoms with Crippen LogP contribution < -0.4 is 0 Å². The van der Waals surface area contributed by atoms with Crippen molar-refractivity contribution in [3.05, 3.63) is 0 Å². The van der Waals surface area contributed by atoms with Gasteiger partial charge in [-0.05, 0) is 18.8 Å². The zero-order chi connectivity index (χ0) is 7.40. The van der Waals surface area contributed by atoms with E-state index in [2.05, 4.69) is 0 Å². The highest BCUT2D eigenvalue weighted by atomic mass is 35.5. The van der Waals surface area contributed by atoms with Gasteiger partial charge in [0.05, 0.1) is 6.10 Å². The van der Waals surface area contributed by atoms with Crippen molar-refractivity contribution in [1.29, 1.82) is 0 Å². The predicted molar refractivity (Wildman–Crippen MR) is 43.3 cm³/mol. The van der Waals surface area contributed by atoms with E-state index >= 15 is 0 Å². The Morgan fingerprint density at radius 3 is 2.40 bits per heavy atom. The lowest BCUT2D eigenvalue weighted by molar-refractivity contribution is 0.104. The number of rotatable bonds is 2. The molecule has 2 heteroatoms. The first-order valence-corrected chi connectivity index (χ1v) is 4.62. The van der Waals surface area contributed by atoms with Crippen molar-refractivity contribution in [2.75, 3.05) is 5.88 Å². The fourth-order valence-electron chi connectivity index (χ4n) is 1.64. The Balaban J connectivity index is 2.24. The molecule has 1 nitrogen and oxygen atoms in total. The quantitative estimate of drug-likeness (QED) is 0.618. The summed E-state index contributed by atoms with van der Waals surface area (Å²) in [5, 5.41) is 9.35. The van der Waals surface area contributed by atoms with Crippen LogP contribution >= 0.6 is 11.6 Å². The maximum absolute atomic E-state index is 9.35. The van der Waals surface area contributed by atoms with Crippen molar-refractivity contribution in [2.45, 2.75) is 38.2 Å². The van der Waals surface area contributed by atoms with Crippen molar-refractivity contribution < 1.29 is 5.11 Å². The van der Waals surface area contributed by atoms with Crippen molar-refractivity contribution >= 4 is 11.6 Å². The topological polar surface area (TPSA) is 20.2 Å². The average Bonchev–Trinajstić information content (AvgIpc) is 2.05. The largest absolute Gasteiger partial charge is 0.392 e. The summed E-state index contributed by atoms with van der Waals surface area (Å²) < 4.78 is 0. The molecule has 1 fully saturated rings. The minimum absolute atomic E-state index is 0.248. The van der Waals surface area contributed by atoms with E-state index in [9.17, 15) is 5.11 Å². The van der Waals surface area contributed by atoms with Crippen LogP contribution in [-0.4, -0.2) is 17.1 Å². The van der Waals surface area contributed by atoms with Gasteiger partial charge in [-0.2, -0.15) is 0 Å². The number of aliphatic hydroxyl groups is 1. The number of aliphatic hydroxyl groups excluding tert-OH is 1. The summed E-state index contributed by atoms with van der Waals surface area (Å²) in [6.07, 6.45) is 5.99. The number of hydrogen-bond donors (Lipinski definition) is 1. The van der Waals surface area contributed by atoms with Crippen molar-refractivity contribution in [3.8, 4) is 0 Å². The molecule has 0 aromatic carbocycles. The Kier molecular flexibility index (Phi) is 3.50. The van der Waals surface area contributed by atoms with Crippen molar-refractivity contribution in [3.63, 3.8) is 0 Å². The molecule has 0 bridgehead atoms. The summed E-state index contributed by atoms with van der Waals surface area (Å²) in [5.74, 6) is 0.899. The molecule has 1 aliphatic carbocycles. The van der Waals surface area contributed by atoms with E-state index in [1.54, 1.807) is 0 Å². The molecule has 0 radical (unpaired) electrons. The van der Waals surface area contributed by atoms with E-state index < -0.39 is 0 Å². The second kappa shape index (κ2) is 4.20. The van der Waals surface area contributed by atoms with Crippen LogP contribution in [0.5, 0.6) is 0 Å². The lowest BCUT2D eigenvalue weighted by Crippen LogP contribution is -2.23.